The number of hydrogen-bond donors (Lipinski definition) is 2. The van der Waals surface area contributed by atoms with E-state index in [0.717, 1.165) is 21.3 Å². The molecule has 1 aliphatic heterocycles. The van der Waals surface area contributed by atoms with Crippen LogP contribution < -0.4 is 15.0 Å². The van der Waals surface area contributed by atoms with Crippen LogP contribution in [0.15, 0.2) is 97.1 Å². The molecule has 1 amide bonds. The third-order valence-corrected chi connectivity index (χ3v) is 10.9. The molecular formula is C45H41F3N4O6S. The van der Waals surface area contributed by atoms with Gasteiger partial charge in [0.25, 0.3) is 5.91 Å². The topological polar surface area (TPSA) is 131 Å². The molecule has 304 valence electrons. The number of amides is 1. The number of aliphatic carboxylic acids is 1. The summed E-state index contributed by atoms with van der Waals surface area (Å²) in [6.07, 6.45) is -5.17. The van der Waals surface area contributed by atoms with Gasteiger partial charge < -0.3 is 19.5 Å². The molecule has 6 aromatic rings. The van der Waals surface area contributed by atoms with Crippen LogP contribution in [0.4, 0.5) is 24.1 Å². The second-order valence-corrected chi connectivity index (χ2v) is 16.3. The van der Waals surface area contributed by atoms with Crippen LogP contribution in [0.3, 0.4) is 0 Å². The Morgan fingerprint density at radius 3 is 2.36 bits per heavy atom. The Labute approximate surface area is 342 Å². The van der Waals surface area contributed by atoms with Crippen molar-refractivity contribution in [2.75, 3.05) is 16.8 Å². The van der Waals surface area contributed by atoms with E-state index in [0.29, 0.717) is 58.5 Å². The average molecular weight is 823 g/mol. The molecule has 2 aromatic heterocycles. The van der Waals surface area contributed by atoms with Crippen LogP contribution in [0.25, 0.3) is 21.3 Å². The van der Waals surface area contributed by atoms with E-state index < -0.39 is 42.5 Å². The Hall–Kier alpha value is -6.28. The maximum atomic E-state index is 13.9. The summed E-state index contributed by atoms with van der Waals surface area (Å²) in [4.78, 5) is 50.0. The molecule has 59 heavy (non-hydrogen) atoms. The van der Waals surface area contributed by atoms with E-state index in [4.69, 9.17) is 19.6 Å². The molecule has 7 rings (SSSR count). The lowest BCUT2D eigenvalue weighted by Crippen LogP contribution is -2.33. The maximum absolute atomic E-state index is 13.9. The summed E-state index contributed by atoms with van der Waals surface area (Å²) in [5, 5.41) is 12.4. The van der Waals surface area contributed by atoms with E-state index in [9.17, 15) is 27.6 Å². The molecule has 0 saturated carbocycles. The highest BCUT2D eigenvalue weighted by molar-refractivity contribution is 7.22. The molecule has 2 N–H and O–H groups in total. The monoisotopic (exact) mass is 822 g/mol. The fourth-order valence-corrected chi connectivity index (χ4v) is 7.96. The quantitative estimate of drug-likeness (QED) is 0.123. The number of alkyl halides is 3. The Kier molecular flexibility index (Phi) is 11.5. The van der Waals surface area contributed by atoms with Gasteiger partial charge in [-0.15, -0.1) is 0 Å². The number of nitrogens with one attached hydrogen (secondary N) is 1. The number of nitrogens with zero attached hydrogens (tertiary/aromatic N) is 3. The van der Waals surface area contributed by atoms with E-state index in [2.05, 4.69) is 10.3 Å². The van der Waals surface area contributed by atoms with E-state index in [1.165, 1.54) is 35.6 Å². The summed E-state index contributed by atoms with van der Waals surface area (Å²) in [6.45, 7) is 8.06. The zero-order valence-electron chi connectivity index (χ0n) is 32.7. The fourth-order valence-electron chi connectivity index (χ4n) is 7.10. The predicted octanol–water partition coefficient (Wildman–Crippen LogP) is 10.7. The van der Waals surface area contributed by atoms with Crippen molar-refractivity contribution in [1.29, 1.82) is 0 Å². The van der Waals surface area contributed by atoms with Crippen molar-refractivity contribution >= 4 is 50.3 Å². The third-order valence-electron chi connectivity index (χ3n) is 9.96. The molecule has 3 heterocycles. The van der Waals surface area contributed by atoms with Crippen molar-refractivity contribution < 1.29 is 42.1 Å². The van der Waals surface area contributed by atoms with Gasteiger partial charge in [0, 0.05) is 30.6 Å². The zero-order chi connectivity index (χ0) is 42.1. The minimum atomic E-state index is -4.62. The molecular weight excluding hydrogens is 782 g/mol. The second-order valence-electron chi connectivity index (χ2n) is 15.2. The highest BCUT2D eigenvalue weighted by Crippen LogP contribution is 2.40. The molecule has 0 spiro atoms. The summed E-state index contributed by atoms with van der Waals surface area (Å²) in [7, 11) is 0. The number of carboxylic acid groups (broad SMARTS) is 1. The lowest BCUT2D eigenvalue weighted by atomic mass is 9.93. The number of ether oxygens (including phenoxy) is 2. The van der Waals surface area contributed by atoms with Gasteiger partial charge in [-0.3, -0.25) is 14.9 Å². The predicted molar refractivity (Wildman–Crippen MR) is 221 cm³/mol. The van der Waals surface area contributed by atoms with Crippen LogP contribution in [0, 0.1) is 6.92 Å². The zero-order valence-corrected chi connectivity index (χ0v) is 33.5. The van der Waals surface area contributed by atoms with Crippen LogP contribution in [0.5, 0.6) is 11.5 Å². The molecule has 4 aromatic carbocycles. The molecule has 0 saturated heterocycles. The minimum Gasteiger partial charge on any atom is -0.481 e. The van der Waals surface area contributed by atoms with Crippen molar-refractivity contribution in [2.24, 2.45) is 0 Å². The number of benzene rings is 4. The lowest BCUT2D eigenvalue weighted by molar-refractivity contribution is -0.154. The number of rotatable bonds is 11. The number of para-hydroxylation sites is 1. The summed E-state index contributed by atoms with van der Waals surface area (Å²) in [5.74, 6) is -2.95. The van der Waals surface area contributed by atoms with Gasteiger partial charge >= 0.3 is 18.1 Å². The number of carbonyl (C=O) groups excluding carboxylic acids is 2. The summed E-state index contributed by atoms with van der Waals surface area (Å²) in [6, 6.07) is 27.7. The number of thiazole rings is 1. The van der Waals surface area contributed by atoms with Crippen LogP contribution in [-0.4, -0.2) is 51.2 Å². The molecule has 0 fully saturated rings. The van der Waals surface area contributed by atoms with Gasteiger partial charge in [-0.2, -0.15) is 13.2 Å². The number of carboxylic acids is 1. The van der Waals surface area contributed by atoms with Crippen molar-refractivity contribution in [3.8, 4) is 22.6 Å². The first-order valence-electron chi connectivity index (χ1n) is 19.0. The molecule has 1 aliphatic rings. The van der Waals surface area contributed by atoms with Gasteiger partial charge in [0.1, 0.15) is 22.9 Å². The SMILES string of the molecule is Cc1c(Oc2ccc([C@@H](CCC(=O)O)C(F)(F)F)cc2)cccc1-c1ccc(N2CCc3cccc(C(=O)Nc4nc5ccccc5s4)c3C2)nc1C(=O)OC(C)(C)C. The summed E-state index contributed by atoms with van der Waals surface area (Å²) in [5.41, 5.74) is 4.17. The Bertz CT molecular complexity index is 2520. The average Bonchev–Trinajstić information content (AvgIpc) is 3.60. The number of aromatic nitrogens is 2. The number of pyridine rings is 1. The van der Waals surface area contributed by atoms with Gasteiger partial charge in [0.15, 0.2) is 10.8 Å². The molecule has 0 radical (unpaired) electrons. The number of fused-ring (bicyclic) bond motifs is 2. The molecule has 10 nitrogen and oxygen atoms in total. The summed E-state index contributed by atoms with van der Waals surface area (Å²) < 4.78 is 54.3. The van der Waals surface area contributed by atoms with Gasteiger partial charge in [-0.05, 0) is 117 Å². The minimum absolute atomic E-state index is 0.0640. The maximum Gasteiger partial charge on any atom is 0.395 e. The Morgan fingerprint density at radius 2 is 1.64 bits per heavy atom. The van der Waals surface area contributed by atoms with Gasteiger partial charge in [-0.25, -0.2) is 14.8 Å². The third kappa shape index (κ3) is 9.38. The molecule has 0 unspecified atom stereocenters. The first kappa shape index (κ1) is 40.9. The first-order chi connectivity index (χ1) is 28.0. The van der Waals surface area contributed by atoms with E-state index in [1.807, 2.05) is 53.4 Å². The molecule has 0 aliphatic carbocycles. The molecule has 0 bridgehead atoms. The highest BCUT2D eigenvalue weighted by Gasteiger charge is 2.40. The van der Waals surface area contributed by atoms with Crippen LogP contribution in [0.1, 0.15) is 82.6 Å². The molecule has 1 atom stereocenters. The van der Waals surface area contributed by atoms with E-state index in [-0.39, 0.29) is 22.9 Å². The van der Waals surface area contributed by atoms with Crippen molar-refractivity contribution in [3.63, 3.8) is 0 Å². The number of anilines is 2. The van der Waals surface area contributed by atoms with Crippen molar-refractivity contribution in [3.05, 3.63) is 131 Å². The number of hydrogen-bond acceptors (Lipinski definition) is 9. The van der Waals surface area contributed by atoms with Crippen LogP contribution in [-0.2, 0) is 22.5 Å². The highest BCUT2D eigenvalue weighted by atomic mass is 32.1. The van der Waals surface area contributed by atoms with Gasteiger partial charge in [0.05, 0.1) is 16.1 Å². The number of carbonyl (C=O) groups is 3. The standard InChI is InChI=1S/C45H41F3N4O6S/c1-26-30(10-8-13-36(26)57-29-17-15-28(16-18-29)34(45(46,47)48)20-22-39(53)54)31-19-21-38(50-40(31)42(56)58-44(2,3)4)52-24-23-27-9-7-11-32(33(27)25-52)41(55)51-43-49-35-12-5-6-14-37(35)59-43/h5-19,21,34H,20,22-25H2,1-4H3,(H,53,54)(H,49,51,55)/t34-/m1/s1. The number of esters is 1. The second kappa shape index (κ2) is 16.5. The van der Waals surface area contributed by atoms with Gasteiger partial charge in [-0.1, -0.05) is 59.9 Å². The number of halogens is 3. The van der Waals surface area contributed by atoms with Gasteiger partial charge in [0.2, 0.25) is 0 Å². The Morgan fingerprint density at radius 1 is 0.898 bits per heavy atom. The first-order valence-corrected chi connectivity index (χ1v) is 19.8. The molecule has 14 heteroatoms. The van der Waals surface area contributed by atoms with Crippen LogP contribution >= 0.6 is 11.3 Å². The Balaban J connectivity index is 1.16. The normalized spacial score (nSPS) is 13.4. The van der Waals surface area contributed by atoms with Crippen LogP contribution in [0.2, 0.25) is 0 Å². The van der Waals surface area contributed by atoms with Crippen molar-refractivity contribution in [2.45, 2.75) is 71.2 Å². The largest absolute Gasteiger partial charge is 0.481 e. The smallest absolute Gasteiger partial charge is 0.395 e. The lowest BCUT2D eigenvalue weighted by Gasteiger charge is -2.31. The van der Waals surface area contributed by atoms with E-state index in [1.54, 1.807) is 52.0 Å². The van der Waals surface area contributed by atoms with E-state index >= 15 is 0 Å². The fraction of sp³-hybridized carbons (Fsp3) is 0.267. The van der Waals surface area contributed by atoms with Crippen molar-refractivity contribution in [1.82, 2.24) is 9.97 Å². The summed E-state index contributed by atoms with van der Waals surface area (Å²) >= 11 is 1.40.